The van der Waals surface area contributed by atoms with Gasteiger partial charge in [0.2, 0.25) is 0 Å². The first-order valence-electron chi connectivity index (χ1n) is 5.35. The Morgan fingerprint density at radius 3 is 2.76 bits per heavy atom. The second-order valence-electron chi connectivity index (χ2n) is 3.84. The predicted molar refractivity (Wildman–Crippen MR) is 64.3 cm³/mol. The topological polar surface area (TPSA) is 64.9 Å². The molecule has 1 unspecified atom stereocenters. The van der Waals surface area contributed by atoms with Gasteiger partial charge >= 0.3 is 0 Å². The zero-order valence-corrected chi connectivity index (χ0v) is 9.08. The monoisotopic (exact) mass is 225 g/mol. The first-order chi connectivity index (χ1) is 8.34. The number of hydrogen-bond acceptors (Lipinski definition) is 4. The lowest BCUT2D eigenvalue weighted by atomic mass is 10.1. The maximum atomic E-state index is 6.12. The van der Waals surface area contributed by atoms with E-state index in [1.807, 2.05) is 36.4 Å². The maximum absolute atomic E-state index is 6.12. The Labute approximate surface area is 98.1 Å². The average molecular weight is 225 g/mol. The number of fused-ring (bicyclic) bond motifs is 1. The Kier molecular flexibility index (Phi) is 2.34. The molecule has 3 rings (SSSR count). The average Bonchev–Trinajstić information content (AvgIpc) is 2.82. The molecule has 0 saturated carbocycles. The lowest BCUT2D eigenvalue weighted by Crippen LogP contribution is -2.11. The summed E-state index contributed by atoms with van der Waals surface area (Å²) < 4.78 is 5.71. The zero-order chi connectivity index (χ0) is 11.7. The number of benzene rings is 1. The summed E-state index contributed by atoms with van der Waals surface area (Å²) in [5.41, 5.74) is 7.85. The van der Waals surface area contributed by atoms with Crippen molar-refractivity contribution in [3.8, 4) is 0 Å². The van der Waals surface area contributed by atoms with Crippen molar-refractivity contribution >= 4 is 11.0 Å². The minimum Gasteiger partial charge on any atom is -0.459 e. The molecule has 0 amide bonds. The summed E-state index contributed by atoms with van der Waals surface area (Å²) in [4.78, 5) is 0. The van der Waals surface area contributed by atoms with Crippen LogP contribution in [0.2, 0.25) is 0 Å². The van der Waals surface area contributed by atoms with Gasteiger partial charge in [0.25, 0.3) is 0 Å². The molecular weight excluding hydrogens is 214 g/mol. The van der Waals surface area contributed by atoms with Gasteiger partial charge in [-0.3, -0.25) is 0 Å². The fraction of sp³-hybridized carbons (Fsp3) is 0.0769. The van der Waals surface area contributed by atoms with Crippen molar-refractivity contribution in [3.05, 3.63) is 60.1 Å². The van der Waals surface area contributed by atoms with Crippen LogP contribution in [0.25, 0.3) is 11.0 Å². The van der Waals surface area contributed by atoms with Gasteiger partial charge in [-0.25, -0.2) is 0 Å². The fourth-order valence-corrected chi connectivity index (χ4v) is 1.80. The maximum Gasteiger partial charge on any atom is 0.134 e. The Morgan fingerprint density at radius 1 is 1.12 bits per heavy atom. The lowest BCUT2D eigenvalue weighted by molar-refractivity contribution is 0.524. The molecule has 0 saturated heterocycles. The molecule has 2 aromatic heterocycles. The molecule has 2 N–H and O–H groups in total. The van der Waals surface area contributed by atoms with E-state index in [2.05, 4.69) is 10.2 Å². The van der Waals surface area contributed by atoms with Crippen LogP contribution in [0.1, 0.15) is 17.4 Å². The van der Waals surface area contributed by atoms with Gasteiger partial charge in [0.1, 0.15) is 11.3 Å². The predicted octanol–water partition coefficient (Wildman–Crippen LogP) is 2.27. The SMILES string of the molecule is NC(c1ccnnc1)c1cc2ccccc2o1. The van der Waals surface area contributed by atoms with E-state index >= 15 is 0 Å². The van der Waals surface area contributed by atoms with E-state index in [1.165, 1.54) is 0 Å². The van der Waals surface area contributed by atoms with E-state index in [1.54, 1.807) is 12.4 Å². The summed E-state index contributed by atoms with van der Waals surface area (Å²) >= 11 is 0. The van der Waals surface area contributed by atoms with Crippen molar-refractivity contribution in [1.29, 1.82) is 0 Å². The highest BCUT2D eigenvalue weighted by Crippen LogP contribution is 2.25. The van der Waals surface area contributed by atoms with Crippen molar-refractivity contribution in [2.24, 2.45) is 5.73 Å². The summed E-state index contributed by atoms with van der Waals surface area (Å²) in [5, 5.41) is 8.60. The largest absolute Gasteiger partial charge is 0.459 e. The second-order valence-corrected chi connectivity index (χ2v) is 3.84. The minimum absolute atomic E-state index is 0.308. The first kappa shape index (κ1) is 9.99. The van der Waals surface area contributed by atoms with E-state index in [0.717, 1.165) is 22.3 Å². The third kappa shape index (κ3) is 1.79. The molecule has 0 fully saturated rings. The van der Waals surface area contributed by atoms with E-state index in [9.17, 15) is 0 Å². The third-order valence-electron chi connectivity index (χ3n) is 2.72. The Bertz CT molecular complexity index is 600. The minimum atomic E-state index is -0.308. The Morgan fingerprint density at radius 2 is 2.00 bits per heavy atom. The van der Waals surface area contributed by atoms with Crippen molar-refractivity contribution in [2.45, 2.75) is 6.04 Å². The van der Waals surface area contributed by atoms with Crippen molar-refractivity contribution in [2.75, 3.05) is 0 Å². The Hall–Kier alpha value is -2.20. The second kappa shape index (κ2) is 3.99. The number of hydrogen-bond donors (Lipinski definition) is 1. The van der Waals surface area contributed by atoms with Gasteiger partial charge in [-0.15, -0.1) is 0 Å². The summed E-state index contributed by atoms with van der Waals surface area (Å²) in [6.45, 7) is 0. The van der Waals surface area contributed by atoms with Crippen LogP contribution < -0.4 is 5.73 Å². The quantitative estimate of drug-likeness (QED) is 0.726. The lowest BCUT2D eigenvalue weighted by Gasteiger charge is -2.06. The summed E-state index contributed by atoms with van der Waals surface area (Å²) in [6, 6.07) is 11.3. The number of furan rings is 1. The summed E-state index contributed by atoms with van der Waals surface area (Å²) in [6.07, 6.45) is 3.27. The zero-order valence-electron chi connectivity index (χ0n) is 9.08. The van der Waals surface area contributed by atoms with Crippen molar-refractivity contribution < 1.29 is 4.42 Å². The number of para-hydroxylation sites is 1. The van der Waals surface area contributed by atoms with Crippen LogP contribution in [0.5, 0.6) is 0 Å². The van der Waals surface area contributed by atoms with Crippen LogP contribution >= 0.6 is 0 Å². The third-order valence-corrected chi connectivity index (χ3v) is 2.72. The highest BCUT2D eigenvalue weighted by Gasteiger charge is 2.13. The molecule has 17 heavy (non-hydrogen) atoms. The van der Waals surface area contributed by atoms with E-state index in [0.29, 0.717) is 0 Å². The molecule has 4 nitrogen and oxygen atoms in total. The fourth-order valence-electron chi connectivity index (χ4n) is 1.80. The van der Waals surface area contributed by atoms with Crippen LogP contribution in [-0.4, -0.2) is 10.2 Å². The van der Waals surface area contributed by atoms with Crippen LogP contribution in [0, 0.1) is 0 Å². The van der Waals surface area contributed by atoms with Crippen molar-refractivity contribution in [1.82, 2.24) is 10.2 Å². The van der Waals surface area contributed by atoms with E-state index < -0.39 is 0 Å². The van der Waals surface area contributed by atoms with Gasteiger partial charge < -0.3 is 10.2 Å². The molecule has 0 aliphatic carbocycles. The standard InChI is InChI=1S/C13H11N3O/c14-13(10-5-6-15-16-8-10)12-7-9-3-1-2-4-11(9)17-12/h1-8,13H,14H2. The highest BCUT2D eigenvalue weighted by molar-refractivity contribution is 5.77. The number of nitrogens with two attached hydrogens (primary N) is 1. The van der Waals surface area contributed by atoms with Gasteiger partial charge in [0.05, 0.1) is 12.2 Å². The summed E-state index contributed by atoms with van der Waals surface area (Å²) in [5.74, 6) is 0.735. The number of nitrogens with zero attached hydrogens (tertiary/aromatic N) is 2. The van der Waals surface area contributed by atoms with Crippen LogP contribution in [-0.2, 0) is 0 Å². The molecule has 0 spiro atoms. The van der Waals surface area contributed by atoms with Crippen LogP contribution in [0.3, 0.4) is 0 Å². The molecule has 0 radical (unpaired) electrons. The molecule has 0 bridgehead atoms. The smallest absolute Gasteiger partial charge is 0.134 e. The van der Waals surface area contributed by atoms with E-state index in [4.69, 9.17) is 10.2 Å². The van der Waals surface area contributed by atoms with Gasteiger partial charge in [0.15, 0.2) is 0 Å². The molecule has 0 aliphatic heterocycles. The molecular formula is C13H11N3O. The van der Waals surface area contributed by atoms with Gasteiger partial charge in [-0.2, -0.15) is 10.2 Å². The summed E-state index contributed by atoms with van der Waals surface area (Å²) in [7, 11) is 0. The van der Waals surface area contributed by atoms with Gasteiger partial charge in [-0.1, -0.05) is 18.2 Å². The molecule has 1 atom stereocenters. The molecule has 3 aromatic rings. The normalized spacial score (nSPS) is 12.8. The highest BCUT2D eigenvalue weighted by atomic mass is 16.3. The molecule has 1 aromatic carbocycles. The first-order valence-corrected chi connectivity index (χ1v) is 5.35. The molecule has 2 heterocycles. The van der Waals surface area contributed by atoms with Gasteiger partial charge in [0, 0.05) is 11.6 Å². The van der Waals surface area contributed by atoms with Crippen molar-refractivity contribution in [3.63, 3.8) is 0 Å². The number of aromatic nitrogens is 2. The molecule has 84 valence electrons. The van der Waals surface area contributed by atoms with Crippen LogP contribution in [0.15, 0.2) is 53.2 Å². The van der Waals surface area contributed by atoms with Crippen LogP contribution in [0.4, 0.5) is 0 Å². The number of rotatable bonds is 2. The van der Waals surface area contributed by atoms with Gasteiger partial charge in [-0.05, 0) is 23.8 Å². The van der Waals surface area contributed by atoms with E-state index in [-0.39, 0.29) is 6.04 Å². The molecule has 0 aliphatic rings. The Balaban J connectivity index is 2.04. The molecule has 4 heteroatoms.